The first-order chi connectivity index (χ1) is 6.14. The van der Waals surface area contributed by atoms with Gasteiger partial charge < -0.3 is 8.85 Å². The molecule has 0 saturated carbocycles. The Balaban J connectivity index is 4.16. The molecule has 0 rings (SSSR count). The van der Waals surface area contributed by atoms with E-state index >= 15 is 0 Å². The van der Waals surface area contributed by atoms with Crippen molar-refractivity contribution in [3.05, 3.63) is 0 Å². The quantitative estimate of drug-likeness (QED) is 0.533. The van der Waals surface area contributed by atoms with E-state index in [1.165, 1.54) is 6.04 Å². The van der Waals surface area contributed by atoms with Crippen molar-refractivity contribution < 1.29 is 8.85 Å². The van der Waals surface area contributed by atoms with Crippen LogP contribution in [0.2, 0.25) is 45.3 Å². The predicted octanol–water partition coefficient (Wildman–Crippen LogP) is 2.58. The third-order valence-corrected chi connectivity index (χ3v) is 5.48. The van der Waals surface area contributed by atoms with Crippen LogP contribution in [-0.2, 0) is 8.85 Å². The first kappa shape index (κ1) is 14.6. The largest absolute Gasteiger partial charge is 0.398 e. The monoisotopic (exact) mass is 250 g/mol. The fourth-order valence-electron chi connectivity index (χ4n) is 1.17. The van der Waals surface area contributed by atoms with Crippen LogP contribution in [0, 0.1) is 0 Å². The summed E-state index contributed by atoms with van der Waals surface area (Å²) in [6.45, 7) is 15.6. The third-order valence-electron chi connectivity index (χ3n) is 1.49. The van der Waals surface area contributed by atoms with Crippen LogP contribution >= 0.6 is 0 Å². The van der Waals surface area contributed by atoms with Crippen molar-refractivity contribution in [1.82, 2.24) is 0 Å². The summed E-state index contributed by atoms with van der Waals surface area (Å²) in [5.74, 6) is 0.179. The lowest BCUT2D eigenvalue weighted by molar-refractivity contribution is 0.0606. The van der Waals surface area contributed by atoms with E-state index in [1.807, 2.05) is 0 Å². The summed E-state index contributed by atoms with van der Waals surface area (Å²) in [6, 6.07) is 1.26. The van der Waals surface area contributed by atoms with Gasteiger partial charge in [-0.1, -0.05) is 13.0 Å². The average Bonchev–Trinajstić information content (AvgIpc) is 1.78. The van der Waals surface area contributed by atoms with E-state index in [0.717, 1.165) is 0 Å². The van der Waals surface area contributed by atoms with Crippen LogP contribution in [0.1, 0.15) is 6.92 Å². The fraction of sp³-hybridized carbons (Fsp3) is 1.00. The van der Waals surface area contributed by atoms with Crippen LogP contribution in [0.4, 0.5) is 0 Å². The van der Waals surface area contributed by atoms with Crippen LogP contribution < -0.4 is 0 Å². The summed E-state index contributed by atoms with van der Waals surface area (Å²) in [4.78, 5) is 0. The lowest BCUT2D eigenvalue weighted by Crippen LogP contribution is -2.42. The second-order valence-corrected chi connectivity index (χ2v) is 16.8. The molecule has 0 aliphatic rings. The standard InChI is InChI=1S/C9H26O2Si3/c1-8-12-9(10-13(2,3)4)11-14(5,6)7/h9H,8,12H2,1-7H3. The highest BCUT2D eigenvalue weighted by atomic mass is 28.4. The summed E-state index contributed by atoms with van der Waals surface area (Å²) in [5, 5.41) is 0. The number of rotatable bonds is 6. The molecule has 2 nitrogen and oxygen atoms in total. The molecule has 0 aromatic rings. The van der Waals surface area contributed by atoms with Gasteiger partial charge in [-0.2, -0.15) is 0 Å². The van der Waals surface area contributed by atoms with Crippen LogP contribution in [0.15, 0.2) is 0 Å². The van der Waals surface area contributed by atoms with Gasteiger partial charge in [0.25, 0.3) is 0 Å². The van der Waals surface area contributed by atoms with Gasteiger partial charge in [-0.3, -0.25) is 0 Å². The van der Waals surface area contributed by atoms with E-state index in [4.69, 9.17) is 8.85 Å². The molecular formula is C9H26O2Si3. The molecule has 0 heterocycles. The summed E-state index contributed by atoms with van der Waals surface area (Å²) < 4.78 is 12.1. The van der Waals surface area contributed by atoms with Gasteiger partial charge in [0.2, 0.25) is 0 Å². The van der Waals surface area contributed by atoms with E-state index in [1.54, 1.807) is 0 Å². The summed E-state index contributed by atoms with van der Waals surface area (Å²) in [5.41, 5.74) is 0. The Labute approximate surface area is 93.5 Å². The molecule has 0 fully saturated rings. The van der Waals surface area contributed by atoms with Gasteiger partial charge in [-0.05, 0) is 39.3 Å². The highest BCUT2D eigenvalue weighted by molar-refractivity contribution is 6.71. The van der Waals surface area contributed by atoms with Gasteiger partial charge in [-0.25, -0.2) is 0 Å². The Morgan fingerprint density at radius 2 is 1.29 bits per heavy atom. The fourth-order valence-corrected chi connectivity index (χ4v) is 7.35. The van der Waals surface area contributed by atoms with Crippen molar-refractivity contribution >= 4 is 26.2 Å². The molecule has 0 N–H and O–H groups in total. The maximum absolute atomic E-state index is 6.07. The smallest absolute Gasteiger partial charge is 0.186 e. The second kappa shape index (κ2) is 5.60. The minimum absolute atomic E-state index is 0.179. The molecule has 0 radical (unpaired) electrons. The molecule has 0 spiro atoms. The summed E-state index contributed by atoms with van der Waals surface area (Å²) >= 11 is 0. The van der Waals surface area contributed by atoms with Crippen molar-refractivity contribution in [2.24, 2.45) is 0 Å². The Morgan fingerprint density at radius 3 is 1.50 bits per heavy atom. The van der Waals surface area contributed by atoms with Gasteiger partial charge in [0.15, 0.2) is 16.6 Å². The molecule has 5 heteroatoms. The Bertz CT molecular complexity index is 144. The van der Waals surface area contributed by atoms with Gasteiger partial charge >= 0.3 is 0 Å². The summed E-state index contributed by atoms with van der Waals surface area (Å²) in [7, 11) is -3.05. The average molecular weight is 251 g/mol. The molecule has 0 amide bonds. The topological polar surface area (TPSA) is 18.5 Å². The number of hydrogen-bond acceptors (Lipinski definition) is 2. The van der Waals surface area contributed by atoms with E-state index in [2.05, 4.69) is 46.2 Å². The van der Waals surface area contributed by atoms with E-state index in [9.17, 15) is 0 Å². The second-order valence-electron chi connectivity index (χ2n) is 5.68. The Hall–Kier alpha value is 0.571. The SMILES string of the molecule is CC[SiH2]C(O[Si](C)(C)C)O[Si](C)(C)C. The lowest BCUT2D eigenvalue weighted by Gasteiger charge is -2.31. The normalized spacial score (nSPS) is 14.6. The molecule has 0 aromatic heterocycles. The molecule has 0 atom stereocenters. The van der Waals surface area contributed by atoms with Gasteiger partial charge in [0.1, 0.15) is 5.91 Å². The molecule has 0 unspecified atom stereocenters. The van der Waals surface area contributed by atoms with Gasteiger partial charge in [0, 0.05) is 0 Å². The zero-order chi connectivity index (χ0) is 11.4. The lowest BCUT2D eigenvalue weighted by atomic mass is 11.0. The molecule has 0 aliphatic carbocycles. The van der Waals surface area contributed by atoms with Crippen molar-refractivity contribution in [2.75, 3.05) is 0 Å². The minimum Gasteiger partial charge on any atom is -0.398 e. The first-order valence-corrected chi connectivity index (χ1v) is 14.1. The molecule has 14 heavy (non-hydrogen) atoms. The number of hydrogen-bond donors (Lipinski definition) is 0. The van der Waals surface area contributed by atoms with E-state index in [0.29, 0.717) is 0 Å². The van der Waals surface area contributed by atoms with E-state index < -0.39 is 16.6 Å². The van der Waals surface area contributed by atoms with E-state index in [-0.39, 0.29) is 15.4 Å². The Morgan fingerprint density at radius 1 is 0.929 bits per heavy atom. The maximum Gasteiger partial charge on any atom is 0.186 e. The predicted molar refractivity (Wildman–Crippen MR) is 71.7 cm³/mol. The maximum atomic E-state index is 6.07. The summed E-state index contributed by atoms with van der Waals surface area (Å²) in [6.07, 6.45) is 0. The van der Waals surface area contributed by atoms with Crippen molar-refractivity contribution in [1.29, 1.82) is 0 Å². The van der Waals surface area contributed by atoms with Crippen molar-refractivity contribution in [2.45, 2.75) is 58.2 Å². The molecule has 0 aliphatic heterocycles. The molecule has 0 aromatic carbocycles. The third kappa shape index (κ3) is 9.14. The highest BCUT2D eigenvalue weighted by Crippen LogP contribution is 2.13. The van der Waals surface area contributed by atoms with Crippen LogP contribution in [-0.4, -0.2) is 32.1 Å². The molecule has 86 valence electrons. The van der Waals surface area contributed by atoms with Crippen molar-refractivity contribution in [3.8, 4) is 0 Å². The van der Waals surface area contributed by atoms with Gasteiger partial charge in [-0.15, -0.1) is 0 Å². The van der Waals surface area contributed by atoms with Crippen LogP contribution in [0.3, 0.4) is 0 Å². The Kier molecular flexibility index (Phi) is 5.83. The van der Waals surface area contributed by atoms with Gasteiger partial charge in [0.05, 0.1) is 9.52 Å². The highest BCUT2D eigenvalue weighted by Gasteiger charge is 2.26. The molecule has 0 bridgehead atoms. The van der Waals surface area contributed by atoms with Crippen LogP contribution in [0.5, 0.6) is 0 Å². The first-order valence-electron chi connectivity index (χ1n) is 5.50. The molecule has 0 saturated heterocycles. The van der Waals surface area contributed by atoms with Crippen LogP contribution in [0.25, 0.3) is 0 Å². The zero-order valence-electron chi connectivity index (χ0n) is 10.8. The molecular weight excluding hydrogens is 224 g/mol. The minimum atomic E-state index is -1.43. The zero-order valence-corrected chi connectivity index (χ0v) is 14.2. The van der Waals surface area contributed by atoms with Crippen molar-refractivity contribution in [3.63, 3.8) is 0 Å².